The molecule has 4 rings (SSSR count). The van der Waals surface area contributed by atoms with E-state index in [9.17, 15) is 0 Å². The zero-order valence-corrected chi connectivity index (χ0v) is 14.3. The van der Waals surface area contributed by atoms with E-state index in [1.807, 2.05) is 0 Å². The Kier molecular flexibility index (Phi) is 4.59. The van der Waals surface area contributed by atoms with E-state index in [1.165, 1.54) is 57.1 Å². The zero-order chi connectivity index (χ0) is 15.6. The second-order valence-corrected chi connectivity index (χ2v) is 7.57. The lowest BCUT2D eigenvalue weighted by molar-refractivity contribution is -0.00517. The molecule has 3 nitrogen and oxygen atoms in total. The van der Waals surface area contributed by atoms with Crippen LogP contribution in [0.5, 0.6) is 5.75 Å². The van der Waals surface area contributed by atoms with Gasteiger partial charge in [-0.25, -0.2) is 0 Å². The highest BCUT2D eigenvalue weighted by atomic mass is 16.5. The van der Waals surface area contributed by atoms with Crippen LogP contribution in [-0.4, -0.2) is 42.2 Å². The standard InChI is InChI=1S/C20H30N2O/c1-15-7-2-4-11-19(15)23-20-12-5-3-9-18(20)22-14-13-21-16-8-6-10-17(16)22/h2,4,7,11,16-18,20-21H,3,5-6,8-10,12-14H2,1H3/t16-,17+,18+,20-/m1/s1. The molecule has 0 amide bonds. The molecule has 1 aromatic carbocycles. The molecule has 3 heteroatoms. The van der Waals surface area contributed by atoms with E-state index >= 15 is 0 Å². The first-order chi connectivity index (χ1) is 11.3. The minimum Gasteiger partial charge on any atom is -0.489 e. The second-order valence-electron chi connectivity index (χ2n) is 7.57. The molecule has 2 aliphatic carbocycles. The summed E-state index contributed by atoms with van der Waals surface area (Å²) in [4.78, 5) is 2.82. The lowest BCUT2D eigenvalue weighted by Crippen LogP contribution is -2.62. The molecule has 1 aliphatic heterocycles. The predicted octanol–water partition coefficient (Wildman–Crippen LogP) is 3.51. The molecule has 4 atom stereocenters. The summed E-state index contributed by atoms with van der Waals surface area (Å²) < 4.78 is 6.54. The third kappa shape index (κ3) is 3.14. The van der Waals surface area contributed by atoms with E-state index in [0.29, 0.717) is 12.1 Å². The van der Waals surface area contributed by atoms with Gasteiger partial charge in [-0.15, -0.1) is 0 Å². The number of aryl methyl sites for hydroxylation is 1. The number of hydrogen-bond acceptors (Lipinski definition) is 3. The Labute approximate surface area is 140 Å². The number of para-hydroxylation sites is 1. The lowest BCUT2D eigenvalue weighted by atomic mass is 9.88. The number of hydrogen-bond donors (Lipinski definition) is 1. The van der Waals surface area contributed by atoms with Crippen LogP contribution in [0.15, 0.2) is 24.3 Å². The maximum Gasteiger partial charge on any atom is 0.122 e. The number of piperazine rings is 1. The SMILES string of the molecule is Cc1ccccc1O[C@@H]1CCCC[C@@H]1N1CCN[C@@H]2CCC[C@@H]21. The Balaban J connectivity index is 1.52. The number of nitrogens with one attached hydrogen (secondary N) is 1. The summed E-state index contributed by atoms with van der Waals surface area (Å²) in [6.45, 7) is 4.50. The molecule has 0 radical (unpaired) electrons. The van der Waals surface area contributed by atoms with Crippen molar-refractivity contribution in [2.24, 2.45) is 0 Å². The molecule has 126 valence electrons. The van der Waals surface area contributed by atoms with E-state index in [0.717, 1.165) is 24.4 Å². The van der Waals surface area contributed by atoms with Gasteiger partial charge in [0.2, 0.25) is 0 Å². The molecule has 1 N–H and O–H groups in total. The zero-order valence-electron chi connectivity index (χ0n) is 14.3. The summed E-state index contributed by atoms with van der Waals surface area (Å²) in [5, 5.41) is 3.74. The summed E-state index contributed by atoms with van der Waals surface area (Å²) in [6.07, 6.45) is 9.66. The van der Waals surface area contributed by atoms with Crippen molar-refractivity contribution in [3.63, 3.8) is 0 Å². The van der Waals surface area contributed by atoms with Gasteiger partial charge in [0.1, 0.15) is 11.9 Å². The quantitative estimate of drug-likeness (QED) is 0.924. The number of ether oxygens (including phenoxy) is 1. The first kappa shape index (κ1) is 15.5. The molecular formula is C20H30N2O. The van der Waals surface area contributed by atoms with E-state index in [1.54, 1.807) is 0 Å². The third-order valence-corrected chi connectivity index (χ3v) is 6.15. The van der Waals surface area contributed by atoms with Crippen LogP contribution < -0.4 is 10.1 Å². The highest BCUT2D eigenvalue weighted by Crippen LogP contribution is 2.34. The molecule has 1 saturated heterocycles. The topological polar surface area (TPSA) is 24.5 Å². The van der Waals surface area contributed by atoms with Crippen LogP contribution in [0.3, 0.4) is 0 Å². The Hall–Kier alpha value is -1.06. The van der Waals surface area contributed by atoms with Gasteiger partial charge in [0.15, 0.2) is 0 Å². The van der Waals surface area contributed by atoms with E-state index < -0.39 is 0 Å². The summed E-state index contributed by atoms with van der Waals surface area (Å²) in [5.74, 6) is 1.09. The minimum absolute atomic E-state index is 0.365. The van der Waals surface area contributed by atoms with Crippen molar-refractivity contribution in [2.45, 2.75) is 76.1 Å². The Morgan fingerprint density at radius 2 is 1.83 bits per heavy atom. The van der Waals surface area contributed by atoms with E-state index in [-0.39, 0.29) is 0 Å². The molecular weight excluding hydrogens is 284 g/mol. The van der Waals surface area contributed by atoms with Gasteiger partial charge in [0.05, 0.1) is 0 Å². The minimum atomic E-state index is 0.365. The van der Waals surface area contributed by atoms with Gasteiger partial charge in [-0.1, -0.05) is 31.0 Å². The summed E-state index contributed by atoms with van der Waals surface area (Å²) >= 11 is 0. The van der Waals surface area contributed by atoms with Crippen molar-refractivity contribution in [2.75, 3.05) is 13.1 Å². The van der Waals surface area contributed by atoms with Gasteiger partial charge in [-0.05, 0) is 50.7 Å². The Bertz CT molecular complexity index is 532. The fourth-order valence-corrected chi connectivity index (χ4v) is 4.98. The highest BCUT2D eigenvalue weighted by molar-refractivity contribution is 5.32. The highest BCUT2D eigenvalue weighted by Gasteiger charge is 2.41. The fraction of sp³-hybridized carbons (Fsp3) is 0.700. The molecule has 3 aliphatic rings. The van der Waals surface area contributed by atoms with Crippen LogP contribution in [0.2, 0.25) is 0 Å². The average Bonchev–Trinajstić information content (AvgIpc) is 3.06. The maximum atomic E-state index is 6.54. The first-order valence-corrected chi connectivity index (χ1v) is 9.54. The van der Waals surface area contributed by atoms with Crippen LogP contribution in [0.4, 0.5) is 0 Å². The molecule has 23 heavy (non-hydrogen) atoms. The largest absolute Gasteiger partial charge is 0.489 e. The van der Waals surface area contributed by atoms with Crippen molar-refractivity contribution in [1.82, 2.24) is 10.2 Å². The molecule has 2 saturated carbocycles. The van der Waals surface area contributed by atoms with Crippen LogP contribution in [-0.2, 0) is 0 Å². The van der Waals surface area contributed by atoms with Crippen molar-refractivity contribution >= 4 is 0 Å². The second kappa shape index (κ2) is 6.82. The number of nitrogens with zero attached hydrogens (tertiary/aromatic N) is 1. The van der Waals surface area contributed by atoms with E-state index in [2.05, 4.69) is 41.4 Å². The lowest BCUT2D eigenvalue weighted by Gasteiger charge is -2.47. The van der Waals surface area contributed by atoms with Crippen LogP contribution >= 0.6 is 0 Å². The first-order valence-electron chi connectivity index (χ1n) is 9.54. The maximum absolute atomic E-state index is 6.54. The molecule has 0 unspecified atom stereocenters. The van der Waals surface area contributed by atoms with E-state index in [4.69, 9.17) is 4.74 Å². The van der Waals surface area contributed by atoms with Crippen molar-refractivity contribution in [1.29, 1.82) is 0 Å². The van der Waals surface area contributed by atoms with Crippen molar-refractivity contribution in [3.05, 3.63) is 29.8 Å². The third-order valence-electron chi connectivity index (χ3n) is 6.15. The van der Waals surface area contributed by atoms with Gasteiger partial charge >= 0.3 is 0 Å². The van der Waals surface area contributed by atoms with Crippen LogP contribution in [0, 0.1) is 6.92 Å². The summed E-state index contributed by atoms with van der Waals surface area (Å²) in [7, 11) is 0. The number of fused-ring (bicyclic) bond motifs is 1. The van der Waals surface area contributed by atoms with Gasteiger partial charge in [0, 0.05) is 31.2 Å². The number of rotatable bonds is 3. The molecule has 1 heterocycles. The van der Waals surface area contributed by atoms with Gasteiger partial charge in [-0.3, -0.25) is 4.90 Å². The number of benzene rings is 1. The smallest absolute Gasteiger partial charge is 0.122 e. The van der Waals surface area contributed by atoms with Crippen LogP contribution in [0.25, 0.3) is 0 Å². The van der Waals surface area contributed by atoms with Gasteiger partial charge < -0.3 is 10.1 Å². The van der Waals surface area contributed by atoms with Crippen LogP contribution in [0.1, 0.15) is 50.5 Å². The van der Waals surface area contributed by atoms with Gasteiger partial charge in [-0.2, -0.15) is 0 Å². The fourth-order valence-electron chi connectivity index (χ4n) is 4.98. The normalized spacial score (nSPS) is 35.0. The Morgan fingerprint density at radius 1 is 1.00 bits per heavy atom. The monoisotopic (exact) mass is 314 g/mol. The molecule has 1 aromatic rings. The molecule has 0 bridgehead atoms. The van der Waals surface area contributed by atoms with Crippen molar-refractivity contribution < 1.29 is 4.74 Å². The predicted molar refractivity (Wildman–Crippen MR) is 94.0 cm³/mol. The summed E-state index contributed by atoms with van der Waals surface area (Å²) in [5.41, 5.74) is 1.26. The average molecular weight is 314 g/mol. The molecule has 0 aromatic heterocycles. The van der Waals surface area contributed by atoms with Gasteiger partial charge in [0.25, 0.3) is 0 Å². The van der Waals surface area contributed by atoms with Crippen molar-refractivity contribution in [3.8, 4) is 5.75 Å². The molecule has 3 fully saturated rings. The Morgan fingerprint density at radius 3 is 2.74 bits per heavy atom. The summed E-state index contributed by atoms with van der Waals surface area (Å²) in [6, 6.07) is 10.6. The molecule has 0 spiro atoms.